The van der Waals surface area contributed by atoms with Crippen molar-refractivity contribution in [2.45, 2.75) is 64.0 Å². The molecule has 1 aliphatic carbocycles. The third-order valence-corrected chi connectivity index (χ3v) is 6.30. The second kappa shape index (κ2) is 7.75. The normalized spacial score (nSPS) is 26.8. The molecule has 1 aromatic heterocycles. The number of thiophene rings is 1. The van der Waals surface area contributed by atoms with Gasteiger partial charge in [-0.05, 0) is 36.6 Å². The van der Waals surface area contributed by atoms with Crippen molar-refractivity contribution in [1.29, 1.82) is 0 Å². The van der Waals surface area contributed by atoms with Crippen molar-refractivity contribution >= 4 is 11.3 Å². The van der Waals surface area contributed by atoms with Gasteiger partial charge in [-0.25, -0.2) is 0 Å². The van der Waals surface area contributed by atoms with E-state index in [4.69, 9.17) is 0 Å². The van der Waals surface area contributed by atoms with E-state index in [1.54, 1.807) is 4.88 Å². The smallest absolute Gasteiger partial charge is 0.0442 e. The van der Waals surface area contributed by atoms with Crippen LogP contribution in [0.1, 0.15) is 62.8 Å². The number of rotatable bonds is 5. The highest BCUT2D eigenvalue weighted by Gasteiger charge is 2.31. The fraction of sp³-hybridized carbons (Fsp3) is 0.778. The van der Waals surface area contributed by atoms with E-state index in [1.165, 1.54) is 64.6 Å². The molecule has 21 heavy (non-hydrogen) atoms. The van der Waals surface area contributed by atoms with E-state index in [9.17, 15) is 0 Å². The van der Waals surface area contributed by atoms with Gasteiger partial charge in [0.05, 0.1) is 0 Å². The molecular weight excluding hydrogens is 276 g/mol. The summed E-state index contributed by atoms with van der Waals surface area (Å²) in [5.74, 6) is 0.923. The minimum atomic E-state index is 0.656. The molecule has 2 atom stereocenters. The molecule has 0 radical (unpaired) electrons. The van der Waals surface area contributed by atoms with Crippen LogP contribution in [0.25, 0.3) is 0 Å². The molecule has 1 saturated heterocycles. The molecule has 1 saturated carbocycles. The third kappa shape index (κ3) is 3.88. The summed E-state index contributed by atoms with van der Waals surface area (Å²) in [4.78, 5) is 4.34. The van der Waals surface area contributed by atoms with Crippen LogP contribution in [0.5, 0.6) is 0 Å². The molecule has 1 N–H and O–H groups in total. The Morgan fingerprint density at radius 2 is 2.19 bits per heavy atom. The minimum Gasteiger partial charge on any atom is -0.311 e. The Labute approximate surface area is 133 Å². The zero-order valence-electron chi connectivity index (χ0n) is 13.4. The van der Waals surface area contributed by atoms with E-state index in [0.717, 1.165) is 12.0 Å². The van der Waals surface area contributed by atoms with Gasteiger partial charge in [0.25, 0.3) is 0 Å². The summed E-state index contributed by atoms with van der Waals surface area (Å²) < 4.78 is 0. The maximum atomic E-state index is 3.82. The quantitative estimate of drug-likeness (QED) is 0.865. The van der Waals surface area contributed by atoms with E-state index in [1.807, 2.05) is 11.3 Å². The van der Waals surface area contributed by atoms with Crippen LogP contribution in [0, 0.1) is 5.92 Å². The van der Waals surface area contributed by atoms with Gasteiger partial charge in [0.2, 0.25) is 0 Å². The Bertz CT molecular complexity index is 397. The summed E-state index contributed by atoms with van der Waals surface area (Å²) in [5.41, 5.74) is 0. The van der Waals surface area contributed by atoms with Crippen LogP contribution in [-0.4, -0.2) is 30.6 Å². The average Bonchev–Trinajstić information content (AvgIpc) is 3.08. The van der Waals surface area contributed by atoms with Gasteiger partial charge in [-0.2, -0.15) is 0 Å². The molecule has 2 aliphatic rings. The molecule has 2 fully saturated rings. The van der Waals surface area contributed by atoms with Gasteiger partial charge in [-0.3, -0.25) is 4.90 Å². The number of nitrogens with one attached hydrogen (secondary N) is 1. The SMILES string of the molecule is CCCC(c1cccs1)N1CCNC(C2CCCCC2)C1. The standard InChI is InChI=1S/C18H30N2S/c1-2-7-17(18-10-6-13-21-18)20-12-11-19-16(14-20)15-8-4-3-5-9-15/h6,10,13,15-17,19H,2-5,7-9,11-12,14H2,1H3. The van der Waals surface area contributed by atoms with Crippen molar-refractivity contribution in [2.75, 3.05) is 19.6 Å². The summed E-state index contributed by atoms with van der Waals surface area (Å²) in [6, 6.07) is 5.94. The summed E-state index contributed by atoms with van der Waals surface area (Å²) in [6.45, 7) is 5.97. The highest BCUT2D eigenvalue weighted by atomic mass is 32.1. The first-order valence-electron chi connectivity index (χ1n) is 8.89. The first-order valence-corrected chi connectivity index (χ1v) is 9.77. The molecule has 1 aliphatic heterocycles. The molecule has 2 heterocycles. The fourth-order valence-electron chi connectivity index (χ4n) is 4.20. The molecule has 118 valence electrons. The van der Waals surface area contributed by atoms with E-state index < -0.39 is 0 Å². The Morgan fingerprint density at radius 3 is 2.90 bits per heavy atom. The molecule has 2 nitrogen and oxygen atoms in total. The molecule has 1 aromatic rings. The highest BCUT2D eigenvalue weighted by Crippen LogP contribution is 2.33. The summed E-state index contributed by atoms with van der Waals surface area (Å²) in [5, 5.41) is 6.06. The van der Waals surface area contributed by atoms with E-state index in [2.05, 4.69) is 34.7 Å². The summed E-state index contributed by atoms with van der Waals surface area (Å²) in [7, 11) is 0. The zero-order chi connectivity index (χ0) is 14.5. The second-order valence-corrected chi connectivity index (χ2v) is 7.75. The molecule has 3 heteroatoms. The largest absolute Gasteiger partial charge is 0.311 e. The van der Waals surface area contributed by atoms with Gasteiger partial charge >= 0.3 is 0 Å². The van der Waals surface area contributed by atoms with Gasteiger partial charge in [0.15, 0.2) is 0 Å². The number of piperazine rings is 1. The van der Waals surface area contributed by atoms with Crippen LogP contribution < -0.4 is 5.32 Å². The van der Waals surface area contributed by atoms with Crippen molar-refractivity contribution in [3.8, 4) is 0 Å². The monoisotopic (exact) mass is 306 g/mol. The van der Waals surface area contributed by atoms with Gasteiger partial charge in [-0.1, -0.05) is 38.7 Å². The van der Waals surface area contributed by atoms with Crippen molar-refractivity contribution in [1.82, 2.24) is 10.2 Å². The van der Waals surface area contributed by atoms with Crippen molar-refractivity contribution in [2.24, 2.45) is 5.92 Å². The first-order chi connectivity index (χ1) is 10.4. The van der Waals surface area contributed by atoms with Crippen molar-refractivity contribution in [3.05, 3.63) is 22.4 Å². The van der Waals surface area contributed by atoms with E-state index in [-0.39, 0.29) is 0 Å². The van der Waals surface area contributed by atoms with Crippen LogP contribution in [0.2, 0.25) is 0 Å². The van der Waals surface area contributed by atoms with Crippen LogP contribution >= 0.6 is 11.3 Å². The number of hydrogen-bond acceptors (Lipinski definition) is 3. The fourth-order valence-corrected chi connectivity index (χ4v) is 5.09. The predicted molar refractivity (Wildman–Crippen MR) is 91.9 cm³/mol. The maximum absolute atomic E-state index is 3.82. The molecule has 3 rings (SSSR count). The van der Waals surface area contributed by atoms with Crippen LogP contribution in [0.4, 0.5) is 0 Å². The first kappa shape index (κ1) is 15.5. The van der Waals surface area contributed by atoms with Crippen molar-refractivity contribution < 1.29 is 0 Å². The summed E-state index contributed by atoms with van der Waals surface area (Å²) >= 11 is 1.94. The van der Waals surface area contributed by atoms with Crippen LogP contribution in [-0.2, 0) is 0 Å². The minimum absolute atomic E-state index is 0.656. The third-order valence-electron chi connectivity index (χ3n) is 5.33. The molecule has 0 bridgehead atoms. The lowest BCUT2D eigenvalue weighted by Gasteiger charge is -2.42. The van der Waals surface area contributed by atoms with Crippen LogP contribution in [0.15, 0.2) is 17.5 Å². The lowest BCUT2D eigenvalue weighted by molar-refractivity contribution is 0.104. The van der Waals surface area contributed by atoms with Gasteiger partial charge in [0.1, 0.15) is 0 Å². The summed E-state index contributed by atoms with van der Waals surface area (Å²) in [6.07, 6.45) is 9.84. The maximum Gasteiger partial charge on any atom is 0.0442 e. The lowest BCUT2D eigenvalue weighted by atomic mass is 9.83. The van der Waals surface area contributed by atoms with Crippen LogP contribution in [0.3, 0.4) is 0 Å². The predicted octanol–water partition coefficient (Wildman–Crippen LogP) is 4.44. The van der Waals surface area contributed by atoms with Gasteiger partial charge in [0, 0.05) is 36.6 Å². The Morgan fingerprint density at radius 1 is 1.33 bits per heavy atom. The molecular formula is C18H30N2S. The second-order valence-electron chi connectivity index (χ2n) is 6.77. The molecule has 0 aromatic carbocycles. The lowest BCUT2D eigenvalue weighted by Crippen LogP contribution is -2.54. The topological polar surface area (TPSA) is 15.3 Å². The highest BCUT2D eigenvalue weighted by molar-refractivity contribution is 7.10. The Hall–Kier alpha value is -0.380. The zero-order valence-corrected chi connectivity index (χ0v) is 14.2. The molecule has 0 spiro atoms. The number of nitrogens with zero attached hydrogens (tertiary/aromatic N) is 1. The van der Waals surface area contributed by atoms with E-state index >= 15 is 0 Å². The molecule has 2 unspecified atom stereocenters. The Balaban J connectivity index is 1.65. The van der Waals surface area contributed by atoms with E-state index in [0.29, 0.717) is 6.04 Å². The molecule has 0 amide bonds. The Kier molecular flexibility index (Phi) is 5.73. The average molecular weight is 307 g/mol. The van der Waals surface area contributed by atoms with Gasteiger partial charge in [-0.15, -0.1) is 11.3 Å². The van der Waals surface area contributed by atoms with Gasteiger partial charge < -0.3 is 5.32 Å². The number of hydrogen-bond donors (Lipinski definition) is 1. The van der Waals surface area contributed by atoms with Crippen molar-refractivity contribution in [3.63, 3.8) is 0 Å².